The summed E-state index contributed by atoms with van der Waals surface area (Å²) in [5.41, 5.74) is -0.00952. The number of carbonyl (C=O) groups is 1. The Morgan fingerprint density at radius 3 is 1.85 bits per heavy atom. The van der Waals surface area contributed by atoms with Gasteiger partial charge in [0, 0.05) is 21.1 Å². The molecular formula is C35H44O4S2. The summed E-state index contributed by atoms with van der Waals surface area (Å²) in [6.07, 6.45) is 9.11. The van der Waals surface area contributed by atoms with Crippen LogP contribution in [0.15, 0.2) is 99.6 Å². The van der Waals surface area contributed by atoms with Gasteiger partial charge in [-0.05, 0) is 89.3 Å². The lowest BCUT2D eigenvalue weighted by Crippen LogP contribution is -2.42. The van der Waals surface area contributed by atoms with Crippen LogP contribution < -0.4 is 0 Å². The summed E-state index contributed by atoms with van der Waals surface area (Å²) in [6.45, 7) is 6.37. The Labute approximate surface area is 248 Å². The van der Waals surface area contributed by atoms with Gasteiger partial charge >= 0.3 is 0 Å². The van der Waals surface area contributed by atoms with Crippen molar-refractivity contribution in [2.24, 2.45) is 16.7 Å². The minimum atomic E-state index is -4.13. The Kier molecular flexibility index (Phi) is 8.84. The molecule has 0 spiro atoms. The van der Waals surface area contributed by atoms with Crippen LogP contribution in [-0.4, -0.2) is 20.0 Å². The van der Waals surface area contributed by atoms with Crippen molar-refractivity contribution < 1.29 is 16.8 Å². The summed E-state index contributed by atoms with van der Waals surface area (Å²) >= 11 is 0. The Balaban J connectivity index is 1.55. The molecule has 2 saturated carbocycles. The Bertz CT molecular complexity index is 1390. The molecule has 2 unspecified atom stereocenters. The molecule has 6 heteroatoms. The molecule has 2 atom stereocenters. The molecule has 2 bridgehead atoms. The van der Waals surface area contributed by atoms with Crippen LogP contribution in [0, 0.1) is 16.7 Å². The lowest BCUT2D eigenvalue weighted by atomic mass is 9.70. The quantitative estimate of drug-likeness (QED) is 0.186. The number of ketones is 1. The van der Waals surface area contributed by atoms with Gasteiger partial charge in [0.15, 0.2) is 0 Å². The van der Waals surface area contributed by atoms with Gasteiger partial charge in [0.1, 0.15) is 5.78 Å². The molecule has 0 radical (unpaired) electrons. The zero-order chi connectivity index (χ0) is 29.1. The summed E-state index contributed by atoms with van der Waals surface area (Å²) < 4.78 is 35.2. The normalized spacial score (nSPS) is 22.2. The van der Waals surface area contributed by atoms with Crippen molar-refractivity contribution >= 4 is 26.2 Å². The van der Waals surface area contributed by atoms with Gasteiger partial charge in [0.05, 0.1) is 11.2 Å². The van der Waals surface area contributed by atoms with Crippen molar-refractivity contribution in [1.82, 2.24) is 0 Å². The van der Waals surface area contributed by atoms with Gasteiger partial charge in [0.2, 0.25) is 0 Å². The Morgan fingerprint density at radius 2 is 1.34 bits per heavy atom. The summed E-state index contributed by atoms with van der Waals surface area (Å²) in [4.78, 5) is 15.8. The average Bonchev–Trinajstić information content (AvgIpc) is 3.31. The van der Waals surface area contributed by atoms with E-state index in [4.69, 9.17) is 3.63 Å². The highest BCUT2D eigenvalue weighted by atomic mass is 32.3. The fourth-order valence-electron chi connectivity index (χ4n) is 7.12. The van der Waals surface area contributed by atoms with Crippen molar-refractivity contribution in [3.63, 3.8) is 0 Å². The van der Waals surface area contributed by atoms with E-state index in [1.54, 1.807) is 0 Å². The molecule has 3 aromatic rings. The third kappa shape index (κ3) is 5.68. The number of unbranched alkanes of at least 4 members (excludes halogenated alkanes) is 4. The molecular weight excluding hydrogens is 549 g/mol. The van der Waals surface area contributed by atoms with Crippen molar-refractivity contribution in [3.05, 3.63) is 90.5 Å². The summed E-state index contributed by atoms with van der Waals surface area (Å²) in [7, 11) is -6.79. The van der Waals surface area contributed by atoms with E-state index in [0.717, 1.165) is 33.9 Å². The maximum atomic E-state index is 14.3. The zero-order valence-corrected chi connectivity index (χ0v) is 26.3. The minimum Gasteiger partial charge on any atom is -0.299 e. The van der Waals surface area contributed by atoms with Gasteiger partial charge in [0.25, 0.3) is 10.1 Å². The standard InChI is InChI=1S/C35H44O4S2/c1-4-5-6-7-10-15-28-20-22-32(23-21-28)41(30-16-11-8-12-17-30,31-18-13-9-14-19-31)39-40(37,38)27-35-25-24-29(26-33(35)36)34(35,2)3/h8-9,11-14,16-23,29H,4-7,10,15,24-27H2,1-3H3. The molecule has 220 valence electrons. The third-order valence-electron chi connectivity index (χ3n) is 9.74. The van der Waals surface area contributed by atoms with Crippen LogP contribution in [0.5, 0.6) is 0 Å². The second-order valence-corrected chi connectivity index (χ2v) is 16.9. The highest BCUT2D eigenvalue weighted by Gasteiger charge is 2.65. The van der Waals surface area contributed by atoms with Crippen molar-refractivity contribution in [3.8, 4) is 0 Å². The smallest absolute Gasteiger partial charge is 0.278 e. The van der Waals surface area contributed by atoms with Crippen LogP contribution in [0.4, 0.5) is 0 Å². The molecule has 2 aliphatic rings. The largest absolute Gasteiger partial charge is 0.299 e. The average molecular weight is 593 g/mol. The van der Waals surface area contributed by atoms with Crippen LogP contribution in [0.2, 0.25) is 0 Å². The first-order valence-corrected chi connectivity index (χ1v) is 18.3. The fraction of sp³-hybridized carbons (Fsp3) is 0.457. The van der Waals surface area contributed by atoms with E-state index in [1.165, 1.54) is 31.2 Å². The zero-order valence-electron chi connectivity index (χ0n) is 24.7. The van der Waals surface area contributed by atoms with Crippen molar-refractivity contribution in [1.29, 1.82) is 0 Å². The Morgan fingerprint density at radius 1 is 0.780 bits per heavy atom. The molecule has 41 heavy (non-hydrogen) atoms. The first kappa shape index (κ1) is 30.1. The van der Waals surface area contributed by atoms with E-state index in [9.17, 15) is 13.2 Å². The number of hydrogen-bond donors (Lipinski definition) is 0. The predicted molar refractivity (Wildman–Crippen MR) is 168 cm³/mol. The van der Waals surface area contributed by atoms with E-state index in [0.29, 0.717) is 12.8 Å². The van der Waals surface area contributed by atoms with Crippen LogP contribution in [0.25, 0.3) is 0 Å². The second kappa shape index (κ2) is 12.1. The van der Waals surface area contributed by atoms with Gasteiger partial charge in [-0.2, -0.15) is 8.42 Å². The molecule has 0 heterocycles. The van der Waals surface area contributed by atoms with E-state index >= 15 is 0 Å². The topological polar surface area (TPSA) is 60.4 Å². The van der Waals surface area contributed by atoms with Crippen LogP contribution in [-0.2, 0) is 25.0 Å². The third-order valence-corrected chi connectivity index (χ3v) is 15.0. The molecule has 4 nitrogen and oxygen atoms in total. The van der Waals surface area contributed by atoms with Crippen molar-refractivity contribution in [2.75, 3.05) is 5.75 Å². The number of Topliss-reactive ketones (excluding diaryl/α,β-unsaturated/α-hetero) is 1. The van der Waals surface area contributed by atoms with E-state index in [2.05, 4.69) is 45.0 Å². The van der Waals surface area contributed by atoms with Crippen molar-refractivity contribution in [2.45, 2.75) is 93.2 Å². The van der Waals surface area contributed by atoms with Crippen LogP contribution >= 0.6 is 10.3 Å². The Hall–Kier alpha value is -2.41. The number of rotatable bonds is 13. The summed E-state index contributed by atoms with van der Waals surface area (Å²) in [5.74, 6) is 0.0429. The van der Waals surface area contributed by atoms with Gasteiger partial charge < -0.3 is 0 Å². The predicted octanol–water partition coefficient (Wildman–Crippen LogP) is 9.14. The van der Waals surface area contributed by atoms with Crippen LogP contribution in [0.1, 0.15) is 77.7 Å². The molecule has 2 aliphatic carbocycles. The summed E-state index contributed by atoms with van der Waals surface area (Å²) in [5, 5.41) is 0. The number of benzene rings is 3. The maximum absolute atomic E-state index is 14.3. The molecule has 2 fully saturated rings. The molecule has 0 N–H and O–H groups in total. The highest BCUT2D eigenvalue weighted by molar-refractivity contribution is 8.33. The molecule has 3 aromatic carbocycles. The van der Waals surface area contributed by atoms with E-state index in [1.807, 2.05) is 60.7 Å². The monoisotopic (exact) mass is 592 g/mol. The lowest BCUT2D eigenvalue weighted by Gasteiger charge is -2.41. The van der Waals surface area contributed by atoms with Gasteiger partial charge in [-0.3, -0.25) is 4.79 Å². The molecule has 0 aromatic heterocycles. The lowest BCUT2D eigenvalue weighted by molar-refractivity contribution is -0.128. The second-order valence-electron chi connectivity index (χ2n) is 12.4. The number of carbonyl (C=O) groups excluding carboxylic acids is 1. The highest BCUT2D eigenvalue weighted by Crippen LogP contribution is 2.71. The fourth-order valence-corrected chi connectivity index (χ4v) is 13.2. The summed E-state index contributed by atoms with van der Waals surface area (Å²) in [6, 6.07) is 27.8. The van der Waals surface area contributed by atoms with Crippen LogP contribution in [0.3, 0.4) is 0 Å². The number of hydrogen-bond acceptors (Lipinski definition) is 4. The molecule has 5 rings (SSSR count). The van der Waals surface area contributed by atoms with Gasteiger partial charge in [-0.25, -0.2) is 3.63 Å². The number of aryl methyl sites for hydroxylation is 1. The molecule has 0 amide bonds. The van der Waals surface area contributed by atoms with E-state index in [-0.39, 0.29) is 22.9 Å². The van der Waals surface area contributed by atoms with E-state index < -0.39 is 25.8 Å². The molecule has 0 aliphatic heterocycles. The molecule has 0 saturated heterocycles. The first-order valence-electron chi connectivity index (χ1n) is 15.1. The number of fused-ring (bicyclic) bond motifs is 2. The maximum Gasteiger partial charge on any atom is 0.278 e. The van der Waals surface area contributed by atoms with Gasteiger partial charge in [-0.1, -0.05) is 95.0 Å². The SMILES string of the molecule is CCCCCCCc1ccc(S(OS(=O)(=O)CC23CCC(CC2=O)C3(C)C)(c2ccccc2)c2ccccc2)cc1. The van der Waals surface area contributed by atoms with Gasteiger partial charge in [-0.15, -0.1) is 0 Å². The minimum absolute atomic E-state index is 0.0780. The first-order chi connectivity index (χ1) is 19.6.